The Morgan fingerprint density at radius 2 is 1.85 bits per heavy atom. The van der Waals surface area contributed by atoms with E-state index in [9.17, 15) is 19.1 Å². The first-order valence-corrected chi connectivity index (χ1v) is 14.6. The maximum atomic E-state index is 15.6. The Morgan fingerprint density at radius 3 is 2.50 bits per heavy atom. The lowest BCUT2D eigenvalue weighted by molar-refractivity contribution is -0.0881. The van der Waals surface area contributed by atoms with Crippen LogP contribution in [0.25, 0.3) is 11.3 Å². The van der Waals surface area contributed by atoms with E-state index in [1.165, 1.54) is 52.9 Å². The summed E-state index contributed by atoms with van der Waals surface area (Å²) in [6.45, 7) is 0.337. The van der Waals surface area contributed by atoms with E-state index in [0.29, 0.717) is 27.9 Å². The molecule has 0 unspecified atom stereocenters. The van der Waals surface area contributed by atoms with Gasteiger partial charge >= 0.3 is 12.1 Å². The molecule has 2 aromatic heterocycles. The molecule has 5 rings (SSSR count). The van der Waals surface area contributed by atoms with Gasteiger partial charge in [0.1, 0.15) is 29.3 Å². The summed E-state index contributed by atoms with van der Waals surface area (Å²) in [5, 5.41) is 24.6. The van der Waals surface area contributed by atoms with Crippen LogP contribution in [-0.4, -0.2) is 43.8 Å². The third kappa shape index (κ3) is 7.06. The van der Waals surface area contributed by atoms with Gasteiger partial charge in [-0.25, -0.2) is 33.0 Å². The monoisotopic (exact) mass is 645 g/mol. The highest BCUT2D eigenvalue weighted by atomic mass is 32.1. The first-order valence-electron chi connectivity index (χ1n) is 13.7. The smallest absolute Gasteiger partial charge is 0.424 e. The van der Waals surface area contributed by atoms with Gasteiger partial charge in [-0.05, 0) is 42.0 Å². The third-order valence-electron chi connectivity index (χ3n) is 7.16. The van der Waals surface area contributed by atoms with E-state index >= 15 is 4.39 Å². The molecule has 0 aliphatic rings. The van der Waals surface area contributed by atoms with Crippen molar-refractivity contribution in [1.29, 1.82) is 5.26 Å². The Kier molecular flexibility index (Phi) is 9.75. The van der Waals surface area contributed by atoms with Gasteiger partial charge in [-0.3, -0.25) is 0 Å². The van der Waals surface area contributed by atoms with Gasteiger partial charge < -0.3 is 19.3 Å². The number of halogens is 2. The van der Waals surface area contributed by atoms with Gasteiger partial charge in [0.2, 0.25) is 6.79 Å². The van der Waals surface area contributed by atoms with E-state index in [1.54, 1.807) is 36.6 Å². The second-order valence-corrected chi connectivity index (χ2v) is 10.9. The number of ether oxygens (including phenoxy) is 3. The van der Waals surface area contributed by atoms with Crippen molar-refractivity contribution in [1.82, 2.24) is 19.7 Å². The number of hydrogen-bond acceptors (Lipinski definition) is 11. The van der Waals surface area contributed by atoms with E-state index in [1.807, 2.05) is 0 Å². The van der Waals surface area contributed by atoms with Gasteiger partial charge in [-0.2, -0.15) is 10.4 Å². The molecule has 46 heavy (non-hydrogen) atoms. The second kappa shape index (κ2) is 14.1. The minimum absolute atomic E-state index is 0.151. The number of carbonyl (C=O) groups is 2. The van der Waals surface area contributed by atoms with E-state index < -0.39 is 42.1 Å². The number of carbonyl (C=O) groups excluding carboxylic acids is 2. The van der Waals surface area contributed by atoms with Crippen LogP contribution in [0.3, 0.4) is 0 Å². The van der Waals surface area contributed by atoms with Crippen molar-refractivity contribution in [3.63, 3.8) is 0 Å². The van der Waals surface area contributed by atoms with Crippen LogP contribution in [0.5, 0.6) is 0 Å². The quantitative estimate of drug-likeness (QED) is 0.140. The van der Waals surface area contributed by atoms with Crippen LogP contribution in [0.4, 0.5) is 13.6 Å². The number of thiazole rings is 1. The minimum atomic E-state index is -1.92. The Morgan fingerprint density at radius 1 is 1.09 bits per heavy atom. The van der Waals surface area contributed by atoms with Crippen LogP contribution in [-0.2, 0) is 33.0 Å². The molecular formula is C32H25F2N5O6S. The van der Waals surface area contributed by atoms with Gasteiger partial charge in [0.05, 0.1) is 42.0 Å². The summed E-state index contributed by atoms with van der Waals surface area (Å²) < 4.78 is 47.0. The van der Waals surface area contributed by atoms with Crippen LogP contribution in [0.2, 0.25) is 0 Å². The molecular weight excluding hydrogens is 620 g/mol. The molecule has 0 radical (unpaired) electrons. The molecule has 1 N–H and O–H groups in total. The molecule has 3 aromatic carbocycles. The summed E-state index contributed by atoms with van der Waals surface area (Å²) in [6, 6.07) is 17.6. The Labute approximate surface area is 265 Å². The zero-order valence-corrected chi connectivity index (χ0v) is 25.0. The number of aliphatic hydroxyl groups is 1. The van der Waals surface area contributed by atoms with Crippen molar-refractivity contribution in [2.75, 3.05) is 6.79 Å². The maximum Gasteiger partial charge on any atom is 0.512 e. The van der Waals surface area contributed by atoms with E-state index in [0.717, 1.165) is 17.7 Å². The number of nitriles is 1. The Bertz CT molecular complexity index is 1860. The van der Waals surface area contributed by atoms with Crippen molar-refractivity contribution in [3.05, 3.63) is 124 Å². The van der Waals surface area contributed by atoms with Crippen LogP contribution in [0, 0.1) is 23.0 Å². The predicted octanol–water partition coefficient (Wildman–Crippen LogP) is 5.71. The zero-order valence-electron chi connectivity index (χ0n) is 24.2. The first kappa shape index (κ1) is 31.9. The number of benzene rings is 3. The van der Waals surface area contributed by atoms with Crippen molar-refractivity contribution >= 4 is 23.5 Å². The maximum absolute atomic E-state index is 15.6. The van der Waals surface area contributed by atoms with E-state index in [-0.39, 0.29) is 24.3 Å². The van der Waals surface area contributed by atoms with Crippen LogP contribution in [0.15, 0.2) is 84.8 Å². The van der Waals surface area contributed by atoms with Crippen molar-refractivity contribution < 1.29 is 37.7 Å². The van der Waals surface area contributed by atoms with Crippen molar-refractivity contribution in [3.8, 4) is 17.3 Å². The normalized spacial score (nSPS) is 12.8. The number of nitrogens with zero attached hydrogens (tertiary/aromatic N) is 5. The van der Waals surface area contributed by atoms with Gasteiger partial charge in [0.25, 0.3) is 0 Å². The molecule has 0 aliphatic carbocycles. The van der Waals surface area contributed by atoms with Gasteiger partial charge in [0, 0.05) is 22.6 Å². The van der Waals surface area contributed by atoms with Gasteiger partial charge in [-0.15, -0.1) is 11.3 Å². The molecule has 0 spiro atoms. The molecule has 0 fully saturated rings. The molecule has 0 amide bonds. The molecule has 5 aromatic rings. The molecule has 14 heteroatoms. The number of aromatic nitrogens is 4. The van der Waals surface area contributed by atoms with Crippen molar-refractivity contribution in [2.24, 2.45) is 0 Å². The van der Waals surface area contributed by atoms with Gasteiger partial charge in [0.15, 0.2) is 5.60 Å². The molecule has 0 bridgehead atoms. The topological polar surface area (TPSA) is 149 Å². The van der Waals surface area contributed by atoms with Crippen LogP contribution < -0.4 is 0 Å². The van der Waals surface area contributed by atoms with Crippen molar-refractivity contribution in [2.45, 2.75) is 31.6 Å². The second-order valence-electron chi connectivity index (χ2n) is 9.99. The molecule has 2 heterocycles. The number of esters is 1. The molecule has 234 valence electrons. The number of aliphatic hydroxyl groups excluding tert-OH is 1. The fraction of sp³-hybridized carbons (Fsp3) is 0.188. The summed E-state index contributed by atoms with van der Waals surface area (Å²) in [5.74, 6) is -3.53. The summed E-state index contributed by atoms with van der Waals surface area (Å²) in [4.78, 5) is 34.3. The Balaban J connectivity index is 1.45. The first-order chi connectivity index (χ1) is 22.2. The molecule has 0 saturated heterocycles. The standard InChI is InChI=1S/C32H25F2N5O6S/c1-20(29-38-28(15-46-29)23-6-2-21(13-35)3-7-23)32(16-39-18-36-17-37-39,26-11-10-25(33)12-27(26)34)45-31(42)44-19-43-30(41)24-8-4-22(14-40)5-9-24/h2-12,15,17-18,20,40H,14,16,19H2,1H3/t20-,32+/m0/s1. The molecule has 11 nitrogen and oxygen atoms in total. The summed E-state index contributed by atoms with van der Waals surface area (Å²) in [5.41, 5.74) is 0.383. The summed E-state index contributed by atoms with van der Waals surface area (Å²) in [7, 11) is 0. The summed E-state index contributed by atoms with van der Waals surface area (Å²) in [6.07, 6.45) is 1.27. The SMILES string of the molecule is C[C@@H](c1nc(-c2ccc(C#N)cc2)cs1)[C@@](Cn1cncn1)(OC(=O)OCOC(=O)c1ccc(CO)cc1)c1ccc(F)cc1F. The number of hydrogen-bond donors (Lipinski definition) is 1. The highest BCUT2D eigenvalue weighted by Crippen LogP contribution is 2.45. The lowest BCUT2D eigenvalue weighted by Gasteiger charge is -2.37. The highest BCUT2D eigenvalue weighted by molar-refractivity contribution is 7.10. The predicted molar refractivity (Wildman–Crippen MR) is 159 cm³/mol. The third-order valence-corrected chi connectivity index (χ3v) is 8.18. The lowest BCUT2D eigenvalue weighted by atomic mass is 9.81. The molecule has 2 atom stereocenters. The lowest BCUT2D eigenvalue weighted by Crippen LogP contribution is -2.43. The van der Waals surface area contributed by atoms with E-state index in [2.05, 4.69) is 16.2 Å². The Hall–Kier alpha value is -5.52. The average molecular weight is 646 g/mol. The largest absolute Gasteiger partial charge is 0.512 e. The molecule has 0 aliphatic heterocycles. The van der Waals surface area contributed by atoms with Crippen LogP contribution >= 0.6 is 11.3 Å². The fourth-order valence-corrected chi connectivity index (χ4v) is 5.66. The average Bonchev–Trinajstić information content (AvgIpc) is 3.77. The molecule has 0 saturated carbocycles. The fourth-order valence-electron chi connectivity index (χ4n) is 4.69. The highest BCUT2D eigenvalue weighted by Gasteiger charge is 2.47. The number of rotatable bonds is 11. The van der Waals surface area contributed by atoms with Gasteiger partial charge in [-0.1, -0.05) is 31.2 Å². The van der Waals surface area contributed by atoms with Crippen LogP contribution in [0.1, 0.15) is 44.9 Å². The van der Waals surface area contributed by atoms with E-state index in [4.69, 9.17) is 24.5 Å². The zero-order chi connectivity index (χ0) is 32.7. The summed E-state index contributed by atoms with van der Waals surface area (Å²) >= 11 is 1.22. The minimum Gasteiger partial charge on any atom is -0.424 e.